The zero-order chi connectivity index (χ0) is 17.0. The maximum Gasteiger partial charge on any atom is 0.338 e. The molecule has 0 aromatic heterocycles. The Morgan fingerprint density at radius 2 is 1.61 bits per heavy atom. The molecule has 4 nitrogen and oxygen atoms in total. The molecule has 0 spiro atoms. The summed E-state index contributed by atoms with van der Waals surface area (Å²) in [5.74, 6) is -2.41. The maximum atomic E-state index is 13.4. The predicted octanol–water partition coefficient (Wildman–Crippen LogP) is 3.38. The summed E-state index contributed by atoms with van der Waals surface area (Å²) in [4.78, 5) is 23.4. The van der Waals surface area contributed by atoms with Crippen LogP contribution in [0, 0.1) is 25.5 Å². The van der Waals surface area contributed by atoms with Gasteiger partial charge in [0, 0.05) is 5.69 Å². The first kappa shape index (κ1) is 16.6. The van der Waals surface area contributed by atoms with Gasteiger partial charge in [0.05, 0.1) is 5.56 Å². The highest BCUT2D eigenvalue weighted by molar-refractivity contribution is 5.95. The van der Waals surface area contributed by atoms with Gasteiger partial charge in [-0.15, -0.1) is 0 Å². The number of halogens is 2. The van der Waals surface area contributed by atoms with Gasteiger partial charge in [-0.3, -0.25) is 4.79 Å². The van der Waals surface area contributed by atoms with Crippen molar-refractivity contribution in [2.45, 2.75) is 13.8 Å². The Hall–Kier alpha value is -2.76. The summed E-state index contributed by atoms with van der Waals surface area (Å²) in [5.41, 5.74) is 1.13. The number of aryl methyl sites for hydroxylation is 2. The molecule has 0 aliphatic rings. The molecule has 2 aromatic carbocycles. The van der Waals surface area contributed by atoms with Crippen LogP contribution in [0.3, 0.4) is 0 Å². The molecule has 0 heterocycles. The van der Waals surface area contributed by atoms with Crippen LogP contribution in [0.4, 0.5) is 14.5 Å². The molecule has 23 heavy (non-hydrogen) atoms. The molecule has 0 aliphatic carbocycles. The lowest BCUT2D eigenvalue weighted by Gasteiger charge is -2.08. The summed E-state index contributed by atoms with van der Waals surface area (Å²) in [6.45, 7) is 2.62. The fourth-order valence-electron chi connectivity index (χ4n) is 1.80. The van der Waals surface area contributed by atoms with Crippen molar-refractivity contribution >= 4 is 17.6 Å². The van der Waals surface area contributed by atoms with E-state index in [0.717, 1.165) is 6.07 Å². The summed E-state index contributed by atoms with van der Waals surface area (Å²) in [5, 5.41) is 2.41. The average molecular weight is 319 g/mol. The molecule has 6 heteroatoms. The highest BCUT2D eigenvalue weighted by Gasteiger charge is 2.12. The van der Waals surface area contributed by atoms with E-state index in [1.165, 1.54) is 30.3 Å². The van der Waals surface area contributed by atoms with Gasteiger partial charge < -0.3 is 10.1 Å². The summed E-state index contributed by atoms with van der Waals surface area (Å²) in [6.07, 6.45) is 0. The number of esters is 1. The Morgan fingerprint density at radius 1 is 1.00 bits per heavy atom. The lowest BCUT2D eigenvalue weighted by molar-refractivity contribution is -0.119. The number of amides is 1. The predicted molar refractivity (Wildman–Crippen MR) is 81.2 cm³/mol. The van der Waals surface area contributed by atoms with E-state index in [-0.39, 0.29) is 11.3 Å². The van der Waals surface area contributed by atoms with Crippen LogP contribution in [0.15, 0.2) is 36.4 Å². The zero-order valence-corrected chi connectivity index (χ0v) is 12.7. The Bertz CT molecular complexity index is 759. The molecule has 0 radical (unpaired) electrons. The smallest absolute Gasteiger partial charge is 0.338 e. The van der Waals surface area contributed by atoms with Crippen LogP contribution in [0.2, 0.25) is 0 Å². The first-order valence-electron chi connectivity index (χ1n) is 6.86. The van der Waals surface area contributed by atoms with Gasteiger partial charge in [-0.25, -0.2) is 13.6 Å². The Kier molecular flexibility index (Phi) is 5.05. The molecule has 0 atom stereocenters. The van der Waals surface area contributed by atoms with Crippen molar-refractivity contribution in [3.05, 3.63) is 64.7 Å². The molecule has 0 bridgehead atoms. The quantitative estimate of drug-likeness (QED) is 0.879. The molecule has 0 saturated heterocycles. The standard InChI is InChI=1S/C17H15F2NO3/c1-10-3-5-12(7-14(10)18)17(22)23-9-16(21)20-13-6-4-11(2)15(19)8-13/h3-8H,9H2,1-2H3,(H,20,21). The number of hydrogen-bond acceptors (Lipinski definition) is 3. The number of hydrogen-bond donors (Lipinski definition) is 1. The van der Waals surface area contributed by atoms with Crippen LogP contribution in [-0.4, -0.2) is 18.5 Å². The van der Waals surface area contributed by atoms with E-state index >= 15 is 0 Å². The third-order valence-electron chi connectivity index (χ3n) is 3.20. The third kappa shape index (κ3) is 4.35. The van der Waals surface area contributed by atoms with Crippen LogP contribution in [-0.2, 0) is 9.53 Å². The van der Waals surface area contributed by atoms with Gasteiger partial charge in [-0.2, -0.15) is 0 Å². The molecule has 1 N–H and O–H groups in total. The molecule has 1 amide bonds. The SMILES string of the molecule is Cc1ccc(NC(=O)COC(=O)c2ccc(C)c(F)c2)cc1F. The van der Waals surface area contributed by atoms with E-state index in [2.05, 4.69) is 5.32 Å². The highest BCUT2D eigenvalue weighted by atomic mass is 19.1. The van der Waals surface area contributed by atoms with Gasteiger partial charge in [0.1, 0.15) is 11.6 Å². The number of carbonyl (C=O) groups excluding carboxylic acids is 2. The van der Waals surface area contributed by atoms with Crippen molar-refractivity contribution < 1.29 is 23.1 Å². The maximum absolute atomic E-state index is 13.4. The van der Waals surface area contributed by atoms with Gasteiger partial charge in [-0.05, 0) is 49.2 Å². The summed E-state index contributed by atoms with van der Waals surface area (Å²) in [6, 6.07) is 8.13. The molecule has 0 aliphatic heterocycles. The molecular formula is C17H15F2NO3. The zero-order valence-electron chi connectivity index (χ0n) is 12.7. The Balaban J connectivity index is 1.91. The molecule has 0 saturated carbocycles. The second kappa shape index (κ2) is 7.00. The second-order valence-corrected chi connectivity index (χ2v) is 5.05. The van der Waals surface area contributed by atoms with Crippen molar-refractivity contribution in [3.8, 4) is 0 Å². The molecule has 2 rings (SSSR count). The number of rotatable bonds is 4. The summed E-state index contributed by atoms with van der Waals surface area (Å²) in [7, 11) is 0. The molecular weight excluding hydrogens is 304 g/mol. The van der Waals surface area contributed by atoms with Crippen molar-refractivity contribution in [1.29, 1.82) is 0 Å². The van der Waals surface area contributed by atoms with Gasteiger partial charge in [-0.1, -0.05) is 12.1 Å². The van der Waals surface area contributed by atoms with Gasteiger partial charge in [0.25, 0.3) is 5.91 Å². The van der Waals surface area contributed by atoms with E-state index in [0.29, 0.717) is 11.1 Å². The first-order valence-corrected chi connectivity index (χ1v) is 6.86. The Labute approximate surface area is 132 Å². The molecule has 2 aromatic rings. The minimum absolute atomic E-state index is 0.0160. The highest BCUT2D eigenvalue weighted by Crippen LogP contribution is 2.14. The summed E-state index contributed by atoms with van der Waals surface area (Å²) < 4.78 is 31.5. The average Bonchev–Trinajstić information content (AvgIpc) is 2.51. The van der Waals surface area contributed by atoms with Crippen molar-refractivity contribution in [3.63, 3.8) is 0 Å². The number of carbonyl (C=O) groups is 2. The van der Waals surface area contributed by atoms with Gasteiger partial charge in [0.2, 0.25) is 0 Å². The molecule has 0 fully saturated rings. The number of benzene rings is 2. The number of ether oxygens (including phenoxy) is 1. The van der Waals surface area contributed by atoms with E-state index < -0.39 is 30.1 Å². The second-order valence-electron chi connectivity index (χ2n) is 5.05. The minimum atomic E-state index is -0.811. The number of anilines is 1. The topological polar surface area (TPSA) is 55.4 Å². The monoisotopic (exact) mass is 319 g/mol. The van der Waals surface area contributed by atoms with Crippen LogP contribution in [0.1, 0.15) is 21.5 Å². The van der Waals surface area contributed by atoms with Crippen LogP contribution in [0.25, 0.3) is 0 Å². The lowest BCUT2D eigenvalue weighted by atomic mass is 10.1. The van der Waals surface area contributed by atoms with Crippen LogP contribution >= 0.6 is 0 Å². The fourth-order valence-corrected chi connectivity index (χ4v) is 1.80. The van der Waals surface area contributed by atoms with E-state index in [1.807, 2.05) is 0 Å². The first-order chi connectivity index (χ1) is 10.9. The van der Waals surface area contributed by atoms with Gasteiger partial charge in [0.15, 0.2) is 6.61 Å². The van der Waals surface area contributed by atoms with Crippen LogP contribution in [0.5, 0.6) is 0 Å². The van der Waals surface area contributed by atoms with E-state index in [9.17, 15) is 18.4 Å². The van der Waals surface area contributed by atoms with Gasteiger partial charge >= 0.3 is 5.97 Å². The molecule has 0 unspecified atom stereocenters. The Morgan fingerprint density at radius 3 is 2.22 bits per heavy atom. The summed E-state index contributed by atoms with van der Waals surface area (Å²) >= 11 is 0. The van der Waals surface area contributed by atoms with Crippen LogP contribution < -0.4 is 5.32 Å². The normalized spacial score (nSPS) is 10.3. The largest absolute Gasteiger partial charge is 0.452 e. The third-order valence-corrected chi connectivity index (χ3v) is 3.20. The minimum Gasteiger partial charge on any atom is -0.452 e. The van der Waals surface area contributed by atoms with Crippen molar-refractivity contribution in [2.75, 3.05) is 11.9 Å². The van der Waals surface area contributed by atoms with Crippen molar-refractivity contribution in [1.82, 2.24) is 0 Å². The van der Waals surface area contributed by atoms with E-state index in [4.69, 9.17) is 4.74 Å². The number of nitrogens with one attached hydrogen (secondary N) is 1. The lowest BCUT2D eigenvalue weighted by Crippen LogP contribution is -2.21. The fraction of sp³-hybridized carbons (Fsp3) is 0.176. The van der Waals surface area contributed by atoms with Crippen molar-refractivity contribution in [2.24, 2.45) is 0 Å². The van der Waals surface area contributed by atoms with E-state index in [1.54, 1.807) is 13.8 Å². The molecule has 120 valence electrons.